The lowest BCUT2D eigenvalue weighted by Crippen LogP contribution is -2.25. The first-order valence-corrected chi connectivity index (χ1v) is 8.86. The van der Waals surface area contributed by atoms with Gasteiger partial charge in [-0.25, -0.2) is 0 Å². The molecular weight excluding hydrogens is 280 g/mol. The zero-order valence-electron chi connectivity index (χ0n) is 14.3. The maximum atomic E-state index is 4.46. The smallest absolute Gasteiger partial charge is 0.0708 e. The highest BCUT2D eigenvalue weighted by molar-refractivity contribution is 6.06. The van der Waals surface area contributed by atoms with Crippen molar-refractivity contribution in [2.75, 3.05) is 18.0 Å². The molecule has 23 heavy (non-hydrogen) atoms. The van der Waals surface area contributed by atoms with Gasteiger partial charge in [0.05, 0.1) is 5.52 Å². The summed E-state index contributed by atoms with van der Waals surface area (Å²) in [5.41, 5.74) is 2.42. The standard InChI is InChI=1S/C21H26N2/c1-3-5-14-23(15-6-4-2)18-10-11-19-17(16-18)9-12-21-20(19)8-7-13-22-21/h7-13,16H,3-6,14-15H2,1-2H3. The highest BCUT2D eigenvalue weighted by atomic mass is 15.1. The zero-order valence-corrected chi connectivity index (χ0v) is 14.3. The van der Waals surface area contributed by atoms with Crippen molar-refractivity contribution in [2.24, 2.45) is 0 Å². The van der Waals surface area contributed by atoms with E-state index in [1.807, 2.05) is 12.3 Å². The van der Waals surface area contributed by atoms with Gasteiger partial charge < -0.3 is 4.90 Å². The van der Waals surface area contributed by atoms with E-state index in [0.29, 0.717) is 0 Å². The predicted molar refractivity (Wildman–Crippen MR) is 101 cm³/mol. The Morgan fingerprint density at radius 1 is 0.870 bits per heavy atom. The number of anilines is 1. The Balaban J connectivity index is 1.98. The first-order chi connectivity index (χ1) is 11.3. The fourth-order valence-corrected chi connectivity index (χ4v) is 3.14. The van der Waals surface area contributed by atoms with E-state index in [4.69, 9.17) is 0 Å². The molecule has 3 rings (SSSR count). The summed E-state index contributed by atoms with van der Waals surface area (Å²) in [4.78, 5) is 7.00. The molecule has 120 valence electrons. The van der Waals surface area contributed by atoms with Crippen LogP contribution in [0.3, 0.4) is 0 Å². The van der Waals surface area contributed by atoms with E-state index in [-0.39, 0.29) is 0 Å². The number of fused-ring (bicyclic) bond motifs is 3. The molecule has 0 aliphatic heterocycles. The Kier molecular flexibility index (Phi) is 5.12. The number of hydrogen-bond donors (Lipinski definition) is 0. The minimum atomic E-state index is 1.07. The molecule has 2 heteroatoms. The molecule has 0 fully saturated rings. The number of aromatic nitrogens is 1. The van der Waals surface area contributed by atoms with Gasteiger partial charge in [-0.2, -0.15) is 0 Å². The molecule has 0 unspecified atom stereocenters. The Hall–Kier alpha value is -2.09. The third kappa shape index (κ3) is 3.47. The molecule has 0 amide bonds. The first-order valence-electron chi connectivity index (χ1n) is 8.86. The van der Waals surface area contributed by atoms with Gasteiger partial charge in [0, 0.05) is 30.4 Å². The Morgan fingerprint density at radius 3 is 2.39 bits per heavy atom. The molecule has 0 N–H and O–H groups in total. The second-order valence-corrected chi connectivity index (χ2v) is 6.24. The minimum Gasteiger partial charge on any atom is -0.372 e. The van der Waals surface area contributed by atoms with Crippen LogP contribution in [0.1, 0.15) is 39.5 Å². The molecule has 2 aromatic carbocycles. The highest BCUT2D eigenvalue weighted by Gasteiger charge is 2.08. The van der Waals surface area contributed by atoms with Crippen molar-refractivity contribution < 1.29 is 0 Å². The summed E-state index contributed by atoms with van der Waals surface area (Å²) in [7, 11) is 0. The van der Waals surface area contributed by atoms with Gasteiger partial charge >= 0.3 is 0 Å². The topological polar surface area (TPSA) is 16.1 Å². The number of unbranched alkanes of at least 4 members (excludes halogenated alkanes) is 2. The lowest BCUT2D eigenvalue weighted by molar-refractivity contribution is 0.678. The van der Waals surface area contributed by atoms with Gasteiger partial charge in [-0.1, -0.05) is 44.9 Å². The van der Waals surface area contributed by atoms with Crippen LogP contribution in [0.5, 0.6) is 0 Å². The molecule has 2 nitrogen and oxygen atoms in total. The van der Waals surface area contributed by atoms with E-state index >= 15 is 0 Å². The second kappa shape index (κ2) is 7.45. The van der Waals surface area contributed by atoms with Gasteiger partial charge in [0.15, 0.2) is 0 Å². The molecule has 0 aliphatic carbocycles. The summed E-state index contributed by atoms with van der Waals surface area (Å²) in [5, 5.41) is 3.84. The molecule has 0 atom stereocenters. The van der Waals surface area contributed by atoms with Crippen LogP contribution < -0.4 is 4.90 Å². The third-order valence-electron chi connectivity index (χ3n) is 4.51. The van der Waals surface area contributed by atoms with Crippen molar-refractivity contribution in [1.82, 2.24) is 4.98 Å². The normalized spacial score (nSPS) is 11.2. The van der Waals surface area contributed by atoms with Crippen LogP contribution in [0.4, 0.5) is 5.69 Å². The zero-order chi connectivity index (χ0) is 16.1. The van der Waals surface area contributed by atoms with E-state index in [9.17, 15) is 0 Å². The van der Waals surface area contributed by atoms with E-state index in [2.05, 4.69) is 60.1 Å². The molecule has 1 aromatic heterocycles. The molecule has 1 heterocycles. The van der Waals surface area contributed by atoms with Crippen LogP contribution in [0, 0.1) is 0 Å². The average molecular weight is 306 g/mol. The summed E-state index contributed by atoms with van der Waals surface area (Å²) < 4.78 is 0. The van der Waals surface area contributed by atoms with Gasteiger partial charge in [0.2, 0.25) is 0 Å². The first kappa shape index (κ1) is 15.8. The fraction of sp³-hybridized carbons (Fsp3) is 0.381. The molecule has 0 saturated carbocycles. The van der Waals surface area contributed by atoms with E-state index in [0.717, 1.165) is 18.6 Å². The van der Waals surface area contributed by atoms with Crippen LogP contribution >= 0.6 is 0 Å². The van der Waals surface area contributed by atoms with E-state index < -0.39 is 0 Å². The van der Waals surface area contributed by atoms with Crippen LogP contribution in [-0.2, 0) is 0 Å². The predicted octanol–water partition coefficient (Wildman–Crippen LogP) is 5.79. The Bertz CT molecular complexity index is 771. The SMILES string of the molecule is CCCCN(CCCC)c1ccc2c(ccc3ncccc32)c1. The molecule has 0 spiro atoms. The van der Waals surface area contributed by atoms with Gasteiger partial charge in [0.1, 0.15) is 0 Å². The van der Waals surface area contributed by atoms with Crippen molar-refractivity contribution in [3.8, 4) is 0 Å². The van der Waals surface area contributed by atoms with E-state index in [1.54, 1.807) is 0 Å². The number of pyridine rings is 1. The molecule has 3 aromatic rings. The third-order valence-corrected chi connectivity index (χ3v) is 4.51. The monoisotopic (exact) mass is 306 g/mol. The Morgan fingerprint density at radius 2 is 1.65 bits per heavy atom. The van der Waals surface area contributed by atoms with Crippen molar-refractivity contribution in [1.29, 1.82) is 0 Å². The summed E-state index contributed by atoms with van der Waals surface area (Å²) in [6.45, 7) is 6.82. The molecule has 0 saturated heterocycles. The van der Waals surface area contributed by atoms with Crippen LogP contribution in [-0.4, -0.2) is 18.1 Å². The Labute approximate surface area is 139 Å². The van der Waals surface area contributed by atoms with Crippen molar-refractivity contribution >= 4 is 27.4 Å². The maximum absolute atomic E-state index is 4.46. The molecule has 0 radical (unpaired) electrons. The highest BCUT2D eigenvalue weighted by Crippen LogP contribution is 2.28. The number of hydrogen-bond acceptors (Lipinski definition) is 2. The van der Waals surface area contributed by atoms with Crippen molar-refractivity contribution in [2.45, 2.75) is 39.5 Å². The van der Waals surface area contributed by atoms with Crippen molar-refractivity contribution in [3.05, 3.63) is 48.7 Å². The summed E-state index contributed by atoms with van der Waals surface area (Å²) in [6.07, 6.45) is 6.85. The van der Waals surface area contributed by atoms with Gasteiger partial charge in [-0.05, 0) is 47.9 Å². The average Bonchev–Trinajstić information content (AvgIpc) is 2.61. The van der Waals surface area contributed by atoms with Gasteiger partial charge in [-0.15, -0.1) is 0 Å². The van der Waals surface area contributed by atoms with Crippen LogP contribution in [0.15, 0.2) is 48.7 Å². The molecule has 0 aliphatic rings. The maximum Gasteiger partial charge on any atom is 0.0708 e. The van der Waals surface area contributed by atoms with Gasteiger partial charge in [-0.3, -0.25) is 4.98 Å². The number of nitrogens with zero attached hydrogens (tertiary/aromatic N) is 2. The second-order valence-electron chi connectivity index (χ2n) is 6.24. The molecule has 0 bridgehead atoms. The summed E-state index contributed by atoms with van der Waals surface area (Å²) >= 11 is 0. The summed E-state index contributed by atoms with van der Waals surface area (Å²) in [6, 6.07) is 15.4. The minimum absolute atomic E-state index is 1.07. The van der Waals surface area contributed by atoms with Crippen LogP contribution in [0.2, 0.25) is 0 Å². The molecular formula is C21H26N2. The van der Waals surface area contributed by atoms with Crippen LogP contribution in [0.25, 0.3) is 21.7 Å². The van der Waals surface area contributed by atoms with E-state index in [1.165, 1.54) is 47.5 Å². The lowest BCUT2D eigenvalue weighted by atomic mass is 10.0. The van der Waals surface area contributed by atoms with Gasteiger partial charge in [0.25, 0.3) is 0 Å². The number of rotatable bonds is 7. The fourth-order valence-electron chi connectivity index (χ4n) is 3.14. The number of benzene rings is 2. The largest absolute Gasteiger partial charge is 0.372 e. The lowest BCUT2D eigenvalue weighted by Gasteiger charge is -2.25. The summed E-state index contributed by atoms with van der Waals surface area (Å²) in [5.74, 6) is 0. The quantitative estimate of drug-likeness (QED) is 0.513. The van der Waals surface area contributed by atoms with Crippen molar-refractivity contribution in [3.63, 3.8) is 0 Å².